The molecule has 0 bridgehead atoms. The monoisotopic (exact) mass is 439 g/mol. The zero-order valence-electron chi connectivity index (χ0n) is 17.3. The number of rotatable bonds is 7. The summed E-state index contributed by atoms with van der Waals surface area (Å²) < 4.78 is 5.20. The van der Waals surface area contributed by atoms with E-state index < -0.39 is 5.91 Å². The molecule has 1 heterocycles. The zero-order chi connectivity index (χ0) is 22.2. The average molecular weight is 440 g/mol. The Labute approximate surface area is 185 Å². The largest absolute Gasteiger partial charge is 0.484 e. The van der Waals surface area contributed by atoms with Gasteiger partial charge < -0.3 is 20.7 Å². The molecule has 0 unspecified atom stereocenters. The second-order valence-electron chi connectivity index (χ2n) is 7.08. The third-order valence-electron chi connectivity index (χ3n) is 4.72. The highest BCUT2D eigenvalue weighted by Gasteiger charge is 2.19. The minimum absolute atomic E-state index is 0.0319. The normalized spacial score (nSPS) is 13.8. The molecule has 162 valence electrons. The first-order valence-electron chi connectivity index (χ1n) is 9.90. The summed E-state index contributed by atoms with van der Waals surface area (Å²) in [5.41, 5.74) is 7.97. The summed E-state index contributed by atoms with van der Waals surface area (Å²) in [5.74, 6) is 1.67. The number of aryl methyl sites for hydroxylation is 1. The molecule has 2 aromatic rings. The van der Waals surface area contributed by atoms with Gasteiger partial charge in [0.2, 0.25) is 5.91 Å². The van der Waals surface area contributed by atoms with E-state index in [4.69, 9.17) is 10.5 Å². The van der Waals surface area contributed by atoms with Gasteiger partial charge >= 0.3 is 0 Å². The van der Waals surface area contributed by atoms with Crippen molar-refractivity contribution < 1.29 is 19.1 Å². The van der Waals surface area contributed by atoms with Gasteiger partial charge in [-0.05, 0) is 54.5 Å². The molecule has 0 spiro atoms. The van der Waals surface area contributed by atoms with E-state index in [2.05, 4.69) is 5.32 Å². The number of benzene rings is 2. The third-order valence-corrected chi connectivity index (χ3v) is 5.66. The molecular weight excluding hydrogens is 414 g/mol. The van der Waals surface area contributed by atoms with Crippen molar-refractivity contribution in [2.24, 2.45) is 5.73 Å². The number of nitrogens with one attached hydrogen (secondary N) is 1. The fraction of sp³-hybridized carbons (Fsp3) is 0.261. The molecule has 1 fully saturated rings. The number of primary amides is 1. The van der Waals surface area contributed by atoms with Crippen molar-refractivity contribution in [2.75, 3.05) is 36.5 Å². The van der Waals surface area contributed by atoms with E-state index in [1.54, 1.807) is 42.5 Å². The summed E-state index contributed by atoms with van der Waals surface area (Å²) in [5, 5.41) is 2.84. The summed E-state index contributed by atoms with van der Waals surface area (Å²) in [6.07, 6.45) is 3.11. The van der Waals surface area contributed by atoms with Crippen molar-refractivity contribution in [2.45, 2.75) is 6.92 Å². The maximum atomic E-state index is 12.6. The van der Waals surface area contributed by atoms with Crippen LogP contribution < -0.4 is 15.8 Å². The van der Waals surface area contributed by atoms with Crippen molar-refractivity contribution in [1.82, 2.24) is 4.90 Å². The summed E-state index contributed by atoms with van der Waals surface area (Å²) in [7, 11) is 0. The third kappa shape index (κ3) is 6.62. The topological polar surface area (TPSA) is 102 Å². The second kappa shape index (κ2) is 10.7. The predicted octanol–water partition coefficient (Wildman–Crippen LogP) is 2.70. The van der Waals surface area contributed by atoms with Crippen molar-refractivity contribution in [1.29, 1.82) is 0 Å². The fourth-order valence-electron chi connectivity index (χ4n) is 3.06. The van der Waals surface area contributed by atoms with Gasteiger partial charge in [-0.1, -0.05) is 12.1 Å². The van der Waals surface area contributed by atoms with Gasteiger partial charge in [-0.15, -0.1) is 0 Å². The van der Waals surface area contributed by atoms with E-state index >= 15 is 0 Å². The number of carbonyl (C=O) groups excluding carboxylic acids is 3. The van der Waals surface area contributed by atoms with Crippen molar-refractivity contribution in [3.63, 3.8) is 0 Å². The maximum absolute atomic E-state index is 12.6. The quantitative estimate of drug-likeness (QED) is 0.646. The molecule has 31 heavy (non-hydrogen) atoms. The molecule has 3 amide bonds. The van der Waals surface area contributed by atoms with Gasteiger partial charge in [-0.2, -0.15) is 11.8 Å². The van der Waals surface area contributed by atoms with Crippen LogP contribution in [0.25, 0.3) is 6.08 Å². The van der Waals surface area contributed by atoms with Crippen LogP contribution >= 0.6 is 11.8 Å². The smallest absolute Gasteiger partial charge is 0.255 e. The maximum Gasteiger partial charge on any atom is 0.255 e. The molecular formula is C23H25N3O4S. The zero-order valence-corrected chi connectivity index (χ0v) is 18.1. The van der Waals surface area contributed by atoms with Crippen molar-refractivity contribution in [3.05, 3.63) is 65.2 Å². The lowest BCUT2D eigenvalue weighted by Gasteiger charge is -2.26. The Morgan fingerprint density at radius 3 is 2.48 bits per heavy atom. The van der Waals surface area contributed by atoms with E-state index in [1.165, 1.54) is 6.08 Å². The molecule has 8 heteroatoms. The number of amides is 3. The van der Waals surface area contributed by atoms with Gasteiger partial charge in [0.25, 0.3) is 11.8 Å². The summed E-state index contributed by atoms with van der Waals surface area (Å²) in [6, 6.07) is 12.3. The highest BCUT2D eigenvalue weighted by Crippen LogP contribution is 2.20. The minimum Gasteiger partial charge on any atom is -0.484 e. The molecule has 1 aliphatic rings. The summed E-state index contributed by atoms with van der Waals surface area (Å²) in [6.45, 7) is 3.22. The SMILES string of the molecule is Cc1cc(C(=O)N2CCSCC2)ccc1NC(=O)/C=C/c1ccc(OCC(N)=O)cc1. The number of thioether (sulfide) groups is 1. The van der Waals surface area contributed by atoms with E-state index in [0.29, 0.717) is 17.0 Å². The first-order chi connectivity index (χ1) is 14.9. The molecule has 0 radical (unpaired) electrons. The van der Waals surface area contributed by atoms with Gasteiger partial charge in [0, 0.05) is 41.9 Å². The summed E-state index contributed by atoms with van der Waals surface area (Å²) >= 11 is 1.86. The Balaban J connectivity index is 1.57. The second-order valence-corrected chi connectivity index (χ2v) is 8.31. The van der Waals surface area contributed by atoms with Crippen LogP contribution in [0.15, 0.2) is 48.5 Å². The predicted molar refractivity (Wildman–Crippen MR) is 123 cm³/mol. The molecule has 0 aliphatic carbocycles. The molecule has 1 saturated heterocycles. The molecule has 7 nitrogen and oxygen atoms in total. The molecule has 0 aromatic heterocycles. The number of hydrogen-bond donors (Lipinski definition) is 2. The number of carbonyl (C=O) groups is 3. The Bertz CT molecular complexity index is 983. The van der Waals surface area contributed by atoms with E-state index in [1.807, 2.05) is 29.7 Å². The highest BCUT2D eigenvalue weighted by molar-refractivity contribution is 7.99. The number of ether oxygens (including phenoxy) is 1. The van der Waals surface area contributed by atoms with Crippen LogP contribution in [-0.2, 0) is 9.59 Å². The van der Waals surface area contributed by atoms with Crippen LogP contribution in [0, 0.1) is 6.92 Å². The molecule has 0 saturated carbocycles. The van der Waals surface area contributed by atoms with Gasteiger partial charge in [0.15, 0.2) is 6.61 Å². The first kappa shape index (κ1) is 22.4. The number of hydrogen-bond acceptors (Lipinski definition) is 5. The molecule has 3 N–H and O–H groups in total. The van der Waals surface area contributed by atoms with Crippen LogP contribution in [0.5, 0.6) is 5.75 Å². The van der Waals surface area contributed by atoms with Crippen molar-refractivity contribution in [3.8, 4) is 5.75 Å². The standard InChI is InChI=1S/C23H25N3O4S/c1-16-14-18(23(29)26-10-12-31-13-11-26)5-8-20(16)25-22(28)9-4-17-2-6-19(7-3-17)30-15-21(24)27/h2-9,14H,10-13,15H2,1H3,(H2,24,27)(H,25,28)/b9-4+. The van der Waals surface area contributed by atoms with E-state index in [-0.39, 0.29) is 18.4 Å². The van der Waals surface area contributed by atoms with Crippen LogP contribution in [-0.4, -0.2) is 53.8 Å². The van der Waals surface area contributed by atoms with Gasteiger partial charge in [-0.3, -0.25) is 14.4 Å². The van der Waals surface area contributed by atoms with Crippen LogP contribution in [0.3, 0.4) is 0 Å². The van der Waals surface area contributed by atoms with Gasteiger partial charge in [0.05, 0.1) is 0 Å². The molecule has 3 rings (SSSR count). The number of anilines is 1. The summed E-state index contributed by atoms with van der Waals surface area (Å²) in [4.78, 5) is 37.5. The minimum atomic E-state index is -0.543. The van der Waals surface area contributed by atoms with E-state index in [0.717, 1.165) is 35.7 Å². The lowest BCUT2D eigenvalue weighted by Crippen LogP contribution is -2.37. The van der Waals surface area contributed by atoms with Crippen LogP contribution in [0.2, 0.25) is 0 Å². The lowest BCUT2D eigenvalue weighted by atomic mass is 10.1. The Morgan fingerprint density at radius 1 is 1.13 bits per heavy atom. The lowest BCUT2D eigenvalue weighted by molar-refractivity contribution is -0.120. The number of nitrogens with two attached hydrogens (primary N) is 1. The molecule has 0 atom stereocenters. The Kier molecular flexibility index (Phi) is 7.72. The average Bonchev–Trinajstić information content (AvgIpc) is 2.78. The number of nitrogens with zero attached hydrogens (tertiary/aromatic N) is 1. The highest BCUT2D eigenvalue weighted by atomic mass is 32.2. The van der Waals surface area contributed by atoms with Gasteiger partial charge in [0.1, 0.15) is 5.75 Å². The van der Waals surface area contributed by atoms with Crippen LogP contribution in [0.1, 0.15) is 21.5 Å². The molecule has 2 aromatic carbocycles. The first-order valence-corrected chi connectivity index (χ1v) is 11.1. The molecule has 1 aliphatic heterocycles. The van der Waals surface area contributed by atoms with E-state index in [9.17, 15) is 14.4 Å². The Morgan fingerprint density at radius 2 is 1.84 bits per heavy atom. The Hall–Kier alpha value is -3.26. The fourth-order valence-corrected chi connectivity index (χ4v) is 3.96. The van der Waals surface area contributed by atoms with Crippen molar-refractivity contribution >= 4 is 41.2 Å². The van der Waals surface area contributed by atoms with Crippen LogP contribution in [0.4, 0.5) is 5.69 Å². The van der Waals surface area contributed by atoms with Gasteiger partial charge in [-0.25, -0.2) is 0 Å².